The van der Waals surface area contributed by atoms with Crippen molar-refractivity contribution < 1.29 is 30.3 Å². The molecule has 4 rings (SSSR count). The lowest BCUT2D eigenvalue weighted by Gasteiger charge is -2.65. The van der Waals surface area contributed by atoms with Gasteiger partial charge in [0, 0.05) is 0 Å². The van der Waals surface area contributed by atoms with Gasteiger partial charge < -0.3 is 25.5 Å². The zero-order valence-corrected chi connectivity index (χ0v) is 20.2. The lowest BCUT2D eigenvalue weighted by molar-refractivity contribution is -0.228. The lowest BCUT2D eigenvalue weighted by Crippen LogP contribution is -2.65. The average Bonchev–Trinajstić information content (AvgIpc) is 3.09. The van der Waals surface area contributed by atoms with Crippen molar-refractivity contribution in [1.29, 1.82) is 0 Å². The second-order valence-electron chi connectivity index (χ2n) is 12.3. The molecule has 13 atom stereocenters. The van der Waals surface area contributed by atoms with Crippen LogP contribution in [-0.2, 0) is 4.79 Å². The van der Waals surface area contributed by atoms with E-state index in [1.165, 1.54) is 0 Å². The van der Waals surface area contributed by atoms with Gasteiger partial charge in [0.25, 0.3) is 0 Å². The fourth-order valence-electron chi connectivity index (χ4n) is 9.51. The first-order valence-electron chi connectivity index (χ1n) is 12.9. The van der Waals surface area contributed by atoms with Gasteiger partial charge in [-0.2, -0.15) is 0 Å². The standard InChI is InChI=1S/C26H44O6/c1-5-15-18-11-14(27)8-9-25(18,3)19-12-21(29)26(4)16(13(2)10-20(28)24(31)32)6-7-17(26)22(19)23(15)30/h13-23,27-30H,5-12H2,1-4H3,(H,31,32)/t13-,14-,15-,16-,17+,18+,19+,20+,21+,22+,23-,25+,26-/m1/s1. The smallest absolute Gasteiger partial charge is 0.332 e. The number of fused-ring (bicyclic) bond motifs is 5. The van der Waals surface area contributed by atoms with Crippen LogP contribution in [0.5, 0.6) is 0 Å². The van der Waals surface area contributed by atoms with Gasteiger partial charge in [-0.15, -0.1) is 0 Å². The summed E-state index contributed by atoms with van der Waals surface area (Å²) in [6.07, 6.45) is 3.50. The highest BCUT2D eigenvalue weighted by Gasteiger charge is 2.67. The van der Waals surface area contributed by atoms with E-state index in [1.54, 1.807) is 0 Å². The first kappa shape index (κ1) is 24.4. The molecular formula is C26H44O6. The molecule has 5 N–H and O–H groups in total. The molecule has 6 nitrogen and oxygen atoms in total. The number of carboxylic acid groups (broad SMARTS) is 1. The van der Waals surface area contributed by atoms with E-state index in [9.17, 15) is 30.3 Å². The SMILES string of the molecule is CC[C@H]1[C@@H](O)[C@@H]2[C@H](C[C@H](O)[C@]3(C)[C@@H]([C@H](C)C[C@H](O)C(=O)O)CC[C@@H]23)[C@@]2(C)CC[C@@H](O)C[C@@H]12. The molecule has 4 aliphatic rings. The Morgan fingerprint density at radius 2 is 1.72 bits per heavy atom. The van der Waals surface area contributed by atoms with Gasteiger partial charge in [0.05, 0.1) is 18.3 Å². The minimum atomic E-state index is -1.38. The minimum Gasteiger partial charge on any atom is -0.479 e. The Labute approximate surface area is 192 Å². The molecule has 0 amide bonds. The molecular weight excluding hydrogens is 408 g/mol. The molecule has 0 spiro atoms. The number of aliphatic hydroxyl groups is 4. The van der Waals surface area contributed by atoms with E-state index in [-0.39, 0.29) is 64.8 Å². The van der Waals surface area contributed by atoms with Crippen molar-refractivity contribution in [2.75, 3.05) is 0 Å². The first-order valence-corrected chi connectivity index (χ1v) is 12.9. The maximum absolute atomic E-state index is 11.7. The predicted molar refractivity (Wildman–Crippen MR) is 121 cm³/mol. The summed E-state index contributed by atoms with van der Waals surface area (Å²) in [5.41, 5.74) is -0.356. The summed E-state index contributed by atoms with van der Waals surface area (Å²) in [6, 6.07) is 0. The summed E-state index contributed by atoms with van der Waals surface area (Å²) < 4.78 is 0. The number of hydrogen-bond donors (Lipinski definition) is 5. The molecule has 0 radical (unpaired) electrons. The van der Waals surface area contributed by atoms with Gasteiger partial charge in [0.2, 0.25) is 0 Å². The van der Waals surface area contributed by atoms with Crippen molar-refractivity contribution in [3.05, 3.63) is 0 Å². The van der Waals surface area contributed by atoms with Gasteiger partial charge in [0.1, 0.15) is 0 Å². The molecule has 0 aliphatic heterocycles. The van der Waals surface area contributed by atoms with E-state index in [1.807, 2.05) is 6.92 Å². The van der Waals surface area contributed by atoms with Gasteiger partial charge in [-0.05, 0) is 97.2 Å². The molecule has 0 aromatic carbocycles. The fourth-order valence-corrected chi connectivity index (χ4v) is 9.51. The van der Waals surface area contributed by atoms with Crippen molar-refractivity contribution in [3.63, 3.8) is 0 Å². The molecule has 6 heteroatoms. The summed E-state index contributed by atoms with van der Waals surface area (Å²) in [6.45, 7) is 8.67. The Balaban J connectivity index is 1.66. The number of carboxylic acids is 1. The average molecular weight is 453 g/mol. The van der Waals surface area contributed by atoms with Crippen LogP contribution in [0.1, 0.15) is 79.1 Å². The summed E-state index contributed by atoms with van der Waals surface area (Å²) in [5.74, 6) is -0.0587. The largest absolute Gasteiger partial charge is 0.479 e. The molecule has 0 unspecified atom stereocenters. The first-order chi connectivity index (χ1) is 15.0. The number of aliphatic hydroxyl groups excluding tert-OH is 4. The van der Waals surface area contributed by atoms with Gasteiger partial charge in [-0.1, -0.05) is 34.1 Å². The van der Waals surface area contributed by atoms with Gasteiger partial charge in [-0.25, -0.2) is 4.79 Å². The topological polar surface area (TPSA) is 118 Å². The number of aliphatic carboxylic acids is 1. The molecule has 184 valence electrons. The van der Waals surface area contributed by atoms with E-state index in [4.69, 9.17) is 0 Å². The Morgan fingerprint density at radius 1 is 1.03 bits per heavy atom. The maximum Gasteiger partial charge on any atom is 0.332 e. The van der Waals surface area contributed by atoms with Gasteiger partial charge in [-0.3, -0.25) is 0 Å². The molecule has 4 aliphatic carbocycles. The van der Waals surface area contributed by atoms with Crippen LogP contribution in [0.25, 0.3) is 0 Å². The Kier molecular flexibility index (Phi) is 6.50. The Bertz CT molecular complexity index is 712. The number of carbonyl (C=O) groups is 1. The fraction of sp³-hybridized carbons (Fsp3) is 0.962. The van der Waals surface area contributed by atoms with E-state index in [0.29, 0.717) is 6.42 Å². The normalized spacial score (nSPS) is 52.4. The summed E-state index contributed by atoms with van der Waals surface area (Å²) in [4.78, 5) is 11.2. The minimum absolute atomic E-state index is 0.0156. The third kappa shape index (κ3) is 3.47. The van der Waals surface area contributed by atoms with Crippen LogP contribution in [0.15, 0.2) is 0 Å². The zero-order chi connectivity index (χ0) is 23.6. The number of hydrogen-bond acceptors (Lipinski definition) is 5. The predicted octanol–water partition coefficient (Wildman–Crippen LogP) is 3.06. The molecule has 0 heterocycles. The van der Waals surface area contributed by atoms with Gasteiger partial charge >= 0.3 is 5.97 Å². The van der Waals surface area contributed by atoms with Gasteiger partial charge in [0.15, 0.2) is 6.10 Å². The van der Waals surface area contributed by atoms with E-state index in [0.717, 1.165) is 38.5 Å². The third-order valence-electron chi connectivity index (χ3n) is 11.1. The monoisotopic (exact) mass is 452 g/mol. The highest BCUT2D eigenvalue weighted by Crippen LogP contribution is 2.69. The van der Waals surface area contributed by atoms with Crippen LogP contribution in [0, 0.1) is 52.3 Å². The molecule has 0 aromatic heterocycles. The van der Waals surface area contributed by atoms with Crippen molar-refractivity contribution in [2.45, 2.75) is 103 Å². The summed E-state index contributed by atoms with van der Waals surface area (Å²) in [5, 5.41) is 52.9. The maximum atomic E-state index is 11.7. The third-order valence-corrected chi connectivity index (χ3v) is 11.1. The molecule has 0 saturated heterocycles. The van der Waals surface area contributed by atoms with Crippen LogP contribution in [0.3, 0.4) is 0 Å². The zero-order valence-electron chi connectivity index (χ0n) is 20.2. The van der Waals surface area contributed by atoms with Crippen LogP contribution in [-0.4, -0.2) is 55.9 Å². The Morgan fingerprint density at radius 3 is 2.34 bits per heavy atom. The summed E-state index contributed by atoms with van der Waals surface area (Å²) >= 11 is 0. The van der Waals surface area contributed by atoms with E-state index in [2.05, 4.69) is 20.8 Å². The quantitative estimate of drug-likeness (QED) is 0.438. The molecule has 4 fully saturated rings. The molecule has 0 bridgehead atoms. The van der Waals surface area contributed by atoms with E-state index >= 15 is 0 Å². The van der Waals surface area contributed by atoms with Crippen molar-refractivity contribution in [2.24, 2.45) is 52.3 Å². The van der Waals surface area contributed by atoms with Crippen molar-refractivity contribution >= 4 is 5.97 Å². The van der Waals surface area contributed by atoms with Crippen LogP contribution in [0.2, 0.25) is 0 Å². The lowest BCUT2D eigenvalue weighted by atomic mass is 9.41. The van der Waals surface area contributed by atoms with Crippen LogP contribution in [0.4, 0.5) is 0 Å². The van der Waals surface area contributed by atoms with Crippen molar-refractivity contribution in [1.82, 2.24) is 0 Å². The number of rotatable bonds is 5. The Hall–Kier alpha value is -0.690. The summed E-state index contributed by atoms with van der Waals surface area (Å²) in [7, 11) is 0. The molecule has 0 aromatic rings. The molecule has 32 heavy (non-hydrogen) atoms. The van der Waals surface area contributed by atoms with Crippen LogP contribution < -0.4 is 0 Å². The molecule has 4 saturated carbocycles. The highest BCUT2D eigenvalue weighted by atomic mass is 16.4. The highest BCUT2D eigenvalue weighted by molar-refractivity contribution is 5.71. The van der Waals surface area contributed by atoms with E-state index < -0.39 is 24.3 Å². The second-order valence-corrected chi connectivity index (χ2v) is 12.3. The second kappa shape index (κ2) is 8.51. The van der Waals surface area contributed by atoms with Crippen molar-refractivity contribution in [3.8, 4) is 0 Å². The van der Waals surface area contributed by atoms with Crippen LogP contribution >= 0.6 is 0 Å².